The van der Waals surface area contributed by atoms with E-state index in [2.05, 4.69) is 5.32 Å². The summed E-state index contributed by atoms with van der Waals surface area (Å²) in [6, 6.07) is 9.38. The molecule has 0 saturated carbocycles. The number of ether oxygens (including phenoxy) is 3. The summed E-state index contributed by atoms with van der Waals surface area (Å²) < 4.78 is 42.9. The first-order chi connectivity index (χ1) is 15.7. The summed E-state index contributed by atoms with van der Waals surface area (Å²) >= 11 is 0. The van der Waals surface area contributed by atoms with Gasteiger partial charge in [0.25, 0.3) is 0 Å². The maximum absolute atomic E-state index is 13.9. The summed E-state index contributed by atoms with van der Waals surface area (Å²) in [6.07, 6.45) is -0.199. The molecule has 2 aromatic rings. The molecule has 0 saturated heterocycles. The fourth-order valence-electron chi connectivity index (χ4n) is 3.04. The van der Waals surface area contributed by atoms with Crippen molar-refractivity contribution in [3.8, 4) is 5.75 Å². The Bertz CT molecular complexity index is 977. The molecule has 0 aliphatic rings. The van der Waals surface area contributed by atoms with Crippen molar-refractivity contribution in [3.05, 3.63) is 71.3 Å². The van der Waals surface area contributed by atoms with Crippen LogP contribution in [0.25, 0.3) is 0 Å². The molecule has 2 rings (SSSR count). The second-order valence-electron chi connectivity index (χ2n) is 7.15. The van der Waals surface area contributed by atoms with Gasteiger partial charge in [-0.15, -0.1) is 0 Å². The van der Waals surface area contributed by atoms with Gasteiger partial charge in [0.1, 0.15) is 30.1 Å². The lowest BCUT2D eigenvalue weighted by atomic mass is 9.95. The molecule has 0 heterocycles. The molecule has 2 atom stereocenters. The number of hydrogen-bond acceptors (Lipinski definition) is 6. The fraction of sp³-hybridized carbons (Fsp3) is 0.333. The normalized spacial score (nSPS) is 13.1. The predicted molar refractivity (Wildman–Crippen MR) is 118 cm³/mol. The van der Waals surface area contributed by atoms with Gasteiger partial charge < -0.3 is 19.3 Å². The van der Waals surface area contributed by atoms with Crippen molar-refractivity contribution in [3.63, 3.8) is 0 Å². The van der Waals surface area contributed by atoms with E-state index in [9.17, 15) is 18.4 Å². The Morgan fingerprint density at radius 1 is 1.15 bits per heavy atom. The lowest BCUT2D eigenvalue weighted by Gasteiger charge is -2.23. The Morgan fingerprint density at radius 2 is 1.85 bits per heavy atom. The minimum absolute atomic E-state index is 0.128. The zero-order chi connectivity index (χ0) is 24.4. The lowest BCUT2D eigenvalue weighted by Crippen LogP contribution is -2.22. The van der Waals surface area contributed by atoms with Crippen LogP contribution in [0.1, 0.15) is 32.4 Å². The van der Waals surface area contributed by atoms with Crippen molar-refractivity contribution in [1.82, 2.24) is 0 Å². The standard InChI is InChI=1S/C24H27F2NO6/c1-4-31-23(29)16(3)13-15(2)22(17-5-8-19(9-6-17)32-12-11-28)33-24(30)27-21-10-7-18(25)14-20(21)26/h5-10,13-15,22,28H,4,11-12H2,1-3H3,(H,27,30)/b16-13+/t15-,22-/m0/s1. The first-order valence-corrected chi connectivity index (χ1v) is 10.4. The average Bonchev–Trinajstić information content (AvgIpc) is 2.78. The maximum Gasteiger partial charge on any atom is 0.412 e. The number of aliphatic hydroxyl groups excluding tert-OH is 1. The van der Waals surface area contributed by atoms with Gasteiger partial charge in [-0.3, -0.25) is 5.32 Å². The summed E-state index contributed by atoms with van der Waals surface area (Å²) in [4.78, 5) is 24.5. The van der Waals surface area contributed by atoms with Gasteiger partial charge in [0, 0.05) is 17.6 Å². The van der Waals surface area contributed by atoms with Crippen LogP contribution >= 0.6 is 0 Å². The van der Waals surface area contributed by atoms with Crippen LogP contribution in [0.5, 0.6) is 5.75 Å². The van der Waals surface area contributed by atoms with E-state index < -0.39 is 35.7 Å². The monoisotopic (exact) mass is 463 g/mol. The number of halogens is 2. The molecule has 0 bridgehead atoms. The minimum Gasteiger partial charge on any atom is -0.491 e. The summed E-state index contributed by atoms with van der Waals surface area (Å²) in [5, 5.41) is 11.1. The van der Waals surface area contributed by atoms with E-state index in [4.69, 9.17) is 19.3 Å². The van der Waals surface area contributed by atoms with Crippen molar-refractivity contribution in [1.29, 1.82) is 0 Å². The van der Waals surface area contributed by atoms with Crippen LogP contribution < -0.4 is 10.1 Å². The number of esters is 1. The third-order valence-corrected chi connectivity index (χ3v) is 4.56. The number of carbonyl (C=O) groups is 2. The van der Waals surface area contributed by atoms with Gasteiger partial charge in [0.15, 0.2) is 0 Å². The number of anilines is 1. The van der Waals surface area contributed by atoms with Crippen LogP contribution in [-0.4, -0.2) is 37.0 Å². The molecule has 0 radical (unpaired) electrons. The van der Waals surface area contributed by atoms with E-state index in [1.54, 1.807) is 51.1 Å². The Hall–Kier alpha value is -3.46. The van der Waals surface area contributed by atoms with Crippen LogP contribution in [0.3, 0.4) is 0 Å². The number of hydrogen-bond donors (Lipinski definition) is 2. The number of nitrogens with one attached hydrogen (secondary N) is 1. The Kier molecular flexibility index (Phi) is 9.81. The summed E-state index contributed by atoms with van der Waals surface area (Å²) in [5.74, 6) is -2.17. The van der Waals surface area contributed by atoms with Crippen molar-refractivity contribution in [2.75, 3.05) is 25.1 Å². The molecule has 2 N–H and O–H groups in total. The molecule has 7 nitrogen and oxygen atoms in total. The van der Waals surface area contributed by atoms with Crippen molar-refractivity contribution in [2.45, 2.75) is 26.9 Å². The molecule has 0 aliphatic heterocycles. The Labute approximate surface area is 191 Å². The molecule has 0 spiro atoms. The number of carbonyl (C=O) groups excluding carboxylic acids is 2. The van der Waals surface area contributed by atoms with Gasteiger partial charge in [-0.25, -0.2) is 18.4 Å². The van der Waals surface area contributed by atoms with Crippen molar-refractivity contribution in [2.24, 2.45) is 5.92 Å². The third-order valence-electron chi connectivity index (χ3n) is 4.56. The van der Waals surface area contributed by atoms with Crippen molar-refractivity contribution >= 4 is 17.7 Å². The fourth-order valence-corrected chi connectivity index (χ4v) is 3.04. The van der Waals surface area contributed by atoms with E-state index in [1.165, 1.54) is 0 Å². The van der Waals surface area contributed by atoms with Crippen LogP contribution in [0.4, 0.5) is 19.3 Å². The van der Waals surface area contributed by atoms with Crippen LogP contribution in [-0.2, 0) is 14.3 Å². The number of amides is 1. The quantitative estimate of drug-likeness (QED) is 0.389. The maximum atomic E-state index is 13.9. The molecular weight excluding hydrogens is 436 g/mol. The van der Waals surface area contributed by atoms with Gasteiger partial charge in [-0.1, -0.05) is 25.1 Å². The van der Waals surface area contributed by atoms with E-state index in [0.29, 0.717) is 23.0 Å². The summed E-state index contributed by atoms with van der Waals surface area (Å²) in [7, 11) is 0. The molecule has 9 heteroatoms. The largest absolute Gasteiger partial charge is 0.491 e. The highest BCUT2D eigenvalue weighted by Gasteiger charge is 2.24. The molecule has 2 aromatic carbocycles. The first kappa shape index (κ1) is 25.8. The highest BCUT2D eigenvalue weighted by molar-refractivity contribution is 5.88. The Balaban J connectivity index is 2.26. The SMILES string of the molecule is CCOC(=O)/C(C)=C/[C@H](C)[C@H](OC(=O)Nc1ccc(F)cc1F)c1ccc(OCCO)cc1. The summed E-state index contributed by atoms with van der Waals surface area (Å²) in [6.45, 7) is 5.24. The minimum atomic E-state index is -0.958. The number of benzene rings is 2. The second kappa shape index (κ2) is 12.5. The van der Waals surface area contributed by atoms with Crippen LogP contribution in [0.2, 0.25) is 0 Å². The van der Waals surface area contributed by atoms with Crippen LogP contribution in [0.15, 0.2) is 54.1 Å². The first-order valence-electron chi connectivity index (χ1n) is 10.4. The lowest BCUT2D eigenvalue weighted by molar-refractivity contribution is -0.138. The van der Waals surface area contributed by atoms with Gasteiger partial charge in [0.2, 0.25) is 0 Å². The highest BCUT2D eigenvalue weighted by Crippen LogP contribution is 2.30. The third kappa shape index (κ3) is 7.87. The topological polar surface area (TPSA) is 94.1 Å². The van der Waals surface area contributed by atoms with E-state index >= 15 is 0 Å². The Morgan fingerprint density at radius 3 is 2.45 bits per heavy atom. The number of aliphatic hydroxyl groups is 1. The molecule has 0 fully saturated rings. The molecule has 1 amide bonds. The van der Waals surface area contributed by atoms with Gasteiger partial charge in [0.05, 0.1) is 18.9 Å². The zero-order valence-electron chi connectivity index (χ0n) is 18.6. The molecular formula is C24H27F2NO6. The van der Waals surface area contributed by atoms with Crippen molar-refractivity contribution < 1.29 is 37.7 Å². The molecule has 178 valence electrons. The molecule has 0 aliphatic carbocycles. The molecule has 0 unspecified atom stereocenters. The van der Waals surface area contributed by atoms with Gasteiger partial charge >= 0.3 is 12.1 Å². The number of rotatable bonds is 10. The predicted octanol–water partition coefficient (Wildman–Crippen LogP) is 4.77. The average molecular weight is 463 g/mol. The van der Waals surface area contributed by atoms with E-state index in [-0.39, 0.29) is 25.5 Å². The second-order valence-corrected chi connectivity index (χ2v) is 7.15. The van der Waals surface area contributed by atoms with E-state index in [0.717, 1.165) is 12.1 Å². The van der Waals surface area contributed by atoms with Crippen LogP contribution in [0, 0.1) is 17.6 Å². The summed E-state index contributed by atoms with van der Waals surface area (Å²) in [5.41, 5.74) is 0.686. The molecule has 33 heavy (non-hydrogen) atoms. The molecule has 0 aromatic heterocycles. The highest BCUT2D eigenvalue weighted by atomic mass is 19.1. The van der Waals surface area contributed by atoms with E-state index in [1.807, 2.05) is 0 Å². The smallest absolute Gasteiger partial charge is 0.412 e. The zero-order valence-corrected chi connectivity index (χ0v) is 18.6. The van der Waals surface area contributed by atoms with Gasteiger partial charge in [-0.05, 0) is 43.7 Å². The van der Waals surface area contributed by atoms with Gasteiger partial charge in [-0.2, -0.15) is 0 Å².